The van der Waals surface area contributed by atoms with E-state index in [0.717, 1.165) is 17.0 Å². The van der Waals surface area contributed by atoms with Crippen molar-refractivity contribution < 1.29 is 14.9 Å². The van der Waals surface area contributed by atoms with Gasteiger partial charge < -0.3 is 14.9 Å². The number of halogens is 1. The summed E-state index contributed by atoms with van der Waals surface area (Å²) in [6.07, 6.45) is 0.411. The first-order chi connectivity index (χ1) is 11.7. The number of aliphatic hydroxyl groups excluding tert-OH is 2. The fourth-order valence-electron chi connectivity index (χ4n) is 3.22. The molecule has 2 N–H and O–H groups in total. The fourth-order valence-corrected chi connectivity index (χ4v) is 3.95. The Hall–Kier alpha value is -0.510. The Bertz CT molecular complexity index is 596. The third kappa shape index (κ3) is 6.30. The molecule has 3 atom stereocenters. The van der Waals surface area contributed by atoms with E-state index in [1.807, 2.05) is 47.8 Å². The molecule has 0 radical (unpaired) electrons. The largest absolute Gasteiger partial charge is 0.391 e. The number of aliphatic hydroxyl groups is 2. The molecule has 1 aliphatic heterocycles. The molecule has 1 fully saturated rings. The van der Waals surface area contributed by atoms with Gasteiger partial charge in [0.15, 0.2) is 0 Å². The Morgan fingerprint density at radius 3 is 2.68 bits per heavy atom. The molecular formula is C19H26INO3S. The van der Waals surface area contributed by atoms with Gasteiger partial charge in [0.05, 0.1) is 25.4 Å². The van der Waals surface area contributed by atoms with Crippen molar-refractivity contribution >= 4 is 35.3 Å². The highest BCUT2D eigenvalue weighted by Gasteiger charge is 2.27. The number of nitrogens with zero attached hydrogens (tertiary/aromatic N) is 1. The molecule has 0 saturated carbocycles. The molecule has 3 rings (SSSR count). The summed E-state index contributed by atoms with van der Waals surface area (Å²) in [4.78, 5) is 3.25. The maximum absolute atomic E-state index is 10.4. The van der Waals surface area contributed by atoms with E-state index in [1.165, 1.54) is 0 Å². The first-order valence-electron chi connectivity index (χ1n) is 8.47. The molecule has 2 heterocycles. The van der Waals surface area contributed by atoms with Crippen LogP contribution in [0.4, 0.5) is 0 Å². The molecule has 4 nitrogen and oxygen atoms in total. The van der Waals surface area contributed by atoms with Crippen molar-refractivity contribution in [2.24, 2.45) is 0 Å². The highest BCUT2D eigenvalue weighted by Crippen LogP contribution is 2.26. The summed E-state index contributed by atoms with van der Waals surface area (Å²) in [7, 11) is 0. The Morgan fingerprint density at radius 2 is 1.96 bits per heavy atom. The zero-order valence-electron chi connectivity index (χ0n) is 14.2. The lowest BCUT2D eigenvalue weighted by atomic mass is 10.0. The summed E-state index contributed by atoms with van der Waals surface area (Å²) >= 11 is 1.58. The smallest absolute Gasteiger partial charge is 0.0897 e. The molecule has 2 aromatic rings. The summed E-state index contributed by atoms with van der Waals surface area (Å²) in [5, 5.41) is 22.8. The Balaban J connectivity index is 0.00000225. The quantitative estimate of drug-likeness (QED) is 0.605. The van der Waals surface area contributed by atoms with Crippen LogP contribution in [0.5, 0.6) is 0 Å². The number of morpholine rings is 1. The van der Waals surface area contributed by atoms with Crippen LogP contribution >= 0.6 is 35.3 Å². The summed E-state index contributed by atoms with van der Waals surface area (Å²) in [6, 6.07) is 14.1. The molecule has 0 aliphatic carbocycles. The Kier molecular flexibility index (Phi) is 8.81. The molecule has 25 heavy (non-hydrogen) atoms. The van der Waals surface area contributed by atoms with E-state index < -0.39 is 12.2 Å². The van der Waals surface area contributed by atoms with Gasteiger partial charge in [0.1, 0.15) is 0 Å². The van der Waals surface area contributed by atoms with Crippen molar-refractivity contribution in [3.05, 3.63) is 58.3 Å². The minimum Gasteiger partial charge on any atom is -0.391 e. The van der Waals surface area contributed by atoms with Crippen molar-refractivity contribution in [1.82, 2.24) is 4.90 Å². The lowest BCUT2D eigenvalue weighted by Crippen LogP contribution is -2.49. The highest BCUT2D eigenvalue weighted by atomic mass is 127. The maximum Gasteiger partial charge on any atom is 0.0897 e. The van der Waals surface area contributed by atoms with Gasteiger partial charge in [0.25, 0.3) is 0 Å². The van der Waals surface area contributed by atoms with Crippen molar-refractivity contribution in [3.8, 4) is 0 Å². The number of β-amino-alcohol motifs (C(OH)–C–C–N with tert-alkyl or cyclic N) is 1. The predicted molar refractivity (Wildman–Crippen MR) is 112 cm³/mol. The van der Waals surface area contributed by atoms with Crippen LogP contribution in [0.25, 0.3) is 0 Å². The van der Waals surface area contributed by atoms with E-state index in [4.69, 9.17) is 4.74 Å². The summed E-state index contributed by atoms with van der Waals surface area (Å²) in [6.45, 7) is 2.71. The van der Waals surface area contributed by atoms with Gasteiger partial charge in [-0.1, -0.05) is 36.4 Å². The van der Waals surface area contributed by atoms with Gasteiger partial charge >= 0.3 is 0 Å². The average molecular weight is 475 g/mol. The molecule has 1 aliphatic rings. The molecule has 1 aromatic heterocycles. The van der Waals surface area contributed by atoms with Crippen molar-refractivity contribution in [2.45, 2.75) is 31.1 Å². The minimum absolute atomic E-state index is 0. The molecule has 0 spiro atoms. The first kappa shape index (κ1) is 20.8. The number of benzene rings is 1. The number of ether oxygens (including phenoxy) is 1. The summed E-state index contributed by atoms with van der Waals surface area (Å²) in [5.74, 6) is 0. The second kappa shape index (κ2) is 10.6. The summed E-state index contributed by atoms with van der Waals surface area (Å²) in [5.41, 5.74) is 1.15. The zero-order valence-corrected chi connectivity index (χ0v) is 17.3. The van der Waals surface area contributed by atoms with Crippen molar-refractivity contribution in [3.63, 3.8) is 0 Å². The lowest BCUT2D eigenvalue weighted by molar-refractivity contribution is -0.0414. The Labute approximate surface area is 170 Å². The monoisotopic (exact) mass is 475 g/mol. The van der Waals surface area contributed by atoms with Crippen LogP contribution < -0.4 is 0 Å². The second-order valence-corrected chi connectivity index (χ2v) is 7.31. The van der Waals surface area contributed by atoms with Crippen LogP contribution in [0, 0.1) is 0 Å². The molecule has 0 bridgehead atoms. The molecular weight excluding hydrogens is 449 g/mol. The molecule has 1 saturated heterocycles. The Morgan fingerprint density at radius 1 is 1.16 bits per heavy atom. The average Bonchev–Trinajstić information content (AvgIpc) is 3.12. The third-order valence-corrected chi connectivity index (χ3v) is 5.45. The van der Waals surface area contributed by atoms with E-state index in [0.29, 0.717) is 32.6 Å². The van der Waals surface area contributed by atoms with Gasteiger partial charge in [-0.25, -0.2) is 0 Å². The van der Waals surface area contributed by atoms with E-state index in [1.54, 1.807) is 11.3 Å². The van der Waals surface area contributed by atoms with E-state index >= 15 is 0 Å². The molecule has 3 unspecified atom stereocenters. The number of thiophene rings is 1. The standard InChI is InChI=1S/C19H25NO3S.HI/c21-17(11-15-5-2-1-3-6-15)13-20-8-9-23-14-16(20)12-18(22)19-7-4-10-24-19;/h1-7,10,16-18,21-22H,8-9,11-14H2;1H. The second-order valence-electron chi connectivity index (χ2n) is 6.33. The van der Waals surface area contributed by atoms with Crippen LogP contribution in [-0.2, 0) is 11.2 Å². The van der Waals surface area contributed by atoms with Gasteiger partial charge in [-0.15, -0.1) is 35.3 Å². The van der Waals surface area contributed by atoms with Crippen molar-refractivity contribution in [2.75, 3.05) is 26.3 Å². The number of rotatable bonds is 7. The van der Waals surface area contributed by atoms with Crippen LogP contribution in [0.1, 0.15) is 23.0 Å². The topological polar surface area (TPSA) is 52.9 Å². The van der Waals surface area contributed by atoms with Crippen LogP contribution in [0.15, 0.2) is 47.8 Å². The van der Waals surface area contributed by atoms with E-state index in [9.17, 15) is 10.2 Å². The number of hydrogen-bond acceptors (Lipinski definition) is 5. The minimum atomic E-state index is -0.467. The maximum atomic E-state index is 10.4. The number of hydrogen-bond donors (Lipinski definition) is 2. The fraction of sp³-hybridized carbons (Fsp3) is 0.474. The van der Waals surface area contributed by atoms with E-state index in [-0.39, 0.29) is 30.0 Å². The molecule has 138 valence electrons. The summed E-state index contributed by atoms with van der Waals surface area (Å²) < 4.78 is 5.60. The molecule has 0 amide bonds. The normalized spacial score (nSPS) is 20.6. The molecule has 6 heteroatoms. The van der Waals surface area contributed by atoms with Gasteiger partial charge in [-0.05, 0) is 29.9 Å². The van der Waals surface area contributed by atoms with Crippen LogP contribution in [0.2, 0.25) is 0 Å². The zero-order chi connectivity index (χ0) is 16.8. The van der Waals surface area contributed by atoms with Gasteiger partial charge in [-0.3, -0.25) is 4.90 Å². The van der Waals surface area contributed by atoms with Gasteiger partial charge in [0.2, 0.25) is 0 Å². The van der Waals surface area contributed by atoms with Gasteiger partial charge in [-0.2, -0.15) is 0 Å². The van der Waals surface area contributed by atoms with Gasteiger partial charge in [0, 0.05) is 24.0 Å². The van der Waals surface area contributed by atoms with Crippen LogP contribution in [-0.4, -0.2) is 53.6 Å². The van der Waals surface area contributed by atoms with Crippen LogP contribution in [0.3, 0.4) is 0 Å². The van der Waals surface area contributed by atoms with E-state index in [2.05, 4.69) is 4.90 Å². The first-order valence-corrected chi connectivity index (χ1v) is 9.35. The SMILES string of the molecule is I.OC(Cc1ccccc1)CN1CCOCC1CC(O)c1cccs1. The predicted octanol–water partition coefficient (Wildman–Crippen LogP) is 3.09. The third-order valence-electron chi connectivity index (χ3n) is 4.48. The highest BCUT2D eigenvalue weighted by molar-refractivity contribution is 14.0. The molecule has 1 aromatic carbocycles. The lowest BCUT2D eigenvalue weighted by Gasteiger charge is -2.37. The van der Waals surface area contributed by atoms with Crippen molar-refractivity contribution in [1.29, 1.82) is 0 Å².